The largest absolute Gasteiger partial charge is 0.493 e. The summed E-state index contributed by atoms with van der Waals surface area (Å²) in [4.78, 5) is 18.0. The van der Waals surface area contributed by atoms with Crippen molar-refractivity contribution >= 4 is 16.9 Å². The van der Waals surface area contributed by atoms with Crippen molar-refractivity contribution in [3.8, 4) is 33.9 Å². The van der Waals surface area contributed by atoms with Gasteiger partial charge in [-0.15, -0.1) is 0 Å². The van der Waals surface area contributed by atoms with Gasteiger partial charge in [0.25, 0.3) is 0 Å². The van der Waals surface area contributed by atoms with E-state index in [9.17, 15) is 4.79 Å². The predicted octanol–water partition coefficient (Wildman–Crippen LogP) is 5.43. The van der Waals surface area contributed by atoms with Gasteiger partial charge in [-0.1, -0.05) is 18.2 Å². The van der Waals surface area contributed by atoms with E-state index in [1.807, 2.05) is 43.3 Å². The second-order valence-electron chi connectivity index (χ2n) is 8.05. The van der Waals surface area contributed by atoms with Crippen LogP contribution in [0.4, 0.5) is 0 Å². The van der Waals surface area contributed by atoms with Crippen molar-refractivity contribution in [3.05, 3.63) is 65.5 Å². The number of pyridine rings is 1. The maximum atomic E-state index is 13.4. The van der Waals surface area contributed by atoms with Crippen LogP contribution in [0.15, 0.2) is 48.7 Å². The van der Waals surface area contributed by atoms with Crippen molar-refractivity contribution in [2.75, 3.05) is 20.8 Å². The summed E-state index contributed by atoms with van der Waals surface area (Å²) in [6.45, 7) is 4.97. The first-order valence-corrected chi connectivity index (χ1v) is 11.1. The molecule has 3 heterocycles. The third kappa shape index (κ3) is 3.25. The van der Waals surface area contributed by atoms with Gasteiger partial charge in [-0.05, 0) is 55.7 Å². The summed E-state index contributed by atoms with van der Waals surface area (Å²) in [5.41, 5.74) is 7.33. The standard InChI is InChI=1S/C27H26N2O4/c1-5-33-27(30)25-24(19-8-6-10-21-18(19)9-7-12-28-21)16(2)29-13-11-17-14-22(31-3)23(32-4)15-20(17)26(25)29/h6-10,12,14-15H,5,11,13H2,1-4H3. The van der Waals surface area contributed by atoms with Gasteiger partial charge in [-0.3, -0.25) is 4.98 Å². The zero-order valence-electron chi connectivity index (χ0n) is 19.3. The topological polar surface area (TPSA) is 62.6 Å². The van der Waals surface area contributed by atoms with E-state index in [1.165, 1.54) is 0 Å². The van der Waals surface area contributed by atoms with Crippen LogP contribution in [-0.4, -0.2) is 36.3 Å². The minimum absolute atomic E-state index is 0.303. The third-order valence-corrected chi connectivity index (χ3v) is 6.39. The highest BCUT2D eigenvalue weighted by Crippen LogP contribution is 2.46. The van der Waals surface area contributed by atoms with Crippen LogP contribution in [0.25, 0.3) is 33.3 Å². The average molecular weight is 443 g/mol. The minimum atomic E-state index is -0.326. The molecular formula is C27H26N2O4. The maximum Gasteiger partial charge on any atom is 0.340 e. The minimum Gasteiger partial charge on any atom is -0.493 e. The summed E-state index contributed by atoms with van der Waals surface area (Å²) in [7, 11) is 3.26. The van der Waals surface area contributed by atoms with Crippen LogP contribution >= 0.6 is 0 Å². The fourth-order valence-corrected chi connectivity index (χ4v) is 4.93. The molecular weight excluding hydrogens is 416 g/mol. The van der Waals surface area contributed by atoms with Crippen molar-refractivity contribution in [1.29, 1.82) is 0 Å². The SMILES string of the molecule is CCOC(=O)c1c(-c2cccc3ncccc23)c(C)n2c1-c1cc(OC)c(OC)cc1CC2. The number of carbonyl (C=O) groups excluding carboxylic acids is 1. The molecule has 0 bridgehead atoms. The maximum absolute atomic E-state index is 13.4. The number of carbonyl (C=O) groups is 1. The average Bonchev–Trinajstić information content (AvgIpc) is 3.15. The number of fused-ring (bicyclic) bond motifs is 4. The quantitative estimate of drug-likeness (QED) is 0.386. The number of aryl methyl sites for hydroxylation is 1. The number of esters is 1. The fourth-order valence-electron chi connectivity index (χ4n) is 4.93. The Labute approximate surface area is 192 Å². The van der Waals surface area contributed by atoms with Crippen LogP contribution in [0.3, 0.4) is 0 Å². The first-order valence-electron chi connectivity index (χ1n) is 11.1. The van der Waals surface area contributed by atoms with E-state index in [2.05, 4.69) is 22.5 Å². The number of benzene rings is 2. The molecule has 0 unspecified atom stereocenters. The molecule has 5 rings (SSSR count). The number of rotatable bonds is 5. The molecule has 0 amide bonds. The van der Waals surface area contributed by atoms with E-state index in [1.54, 1.807) is 20.4 Å². The van der Waals surface area contributed by atoms with Crippen LogP contribution in [0, 0.1) is 6.92 Å². The van der Waals surface area contributed by atoms with Gasteiger partial charge in [0.15, 0.2) is 11.5 Å². The second-order valence-corrected chi connectivity index (χ2v) is 8.05. The van der Waals surface area contributed by atoms with E-state index in [0.29, 0.717) is 23.7 Å². The first-order chi connectivity index (χ1) is 16.1. The molecule has 6 heteroatoms. The molecule has 168 valence electrons. The number of aromatic nitrogens is 2. The van der Waals surface area contributed by atoms with Gasteiger partial charge < -0.3 is 18.8 Å². The highest BCUT2D eigenvalue weighted by molar-refractivity contribution is 6.09. The lowest BCUT2D eigenvalue weighted by atomic mass is 9.92. The first kappa shape index (κ1) is 21.1. The summed E-state index contributed by atoms with van der Waals surface area (Å²) in [5, 5.41) is 1.00. The molecule has 0 aliphatic carbocycles. The molecule has 2 aromatic heterocycles. The van der Waals surface area contributed by atoms with E-state index >= 15 is 0 Å². The van der Waals surface area contributed by atoms with Crippen molar-refractivity contribution in [3.63, 3.8) is 0 Å². The van der Waals surface area contributed by atoms with Crippen LogP contribution in [0.5, 0.6) is 11.5 Å². The van der Waals surface area contributed by atoms with Gasteiger partial charge >= 0.3 is 5.97 Å². The molecule has 0 N–H and O–H groups in total. The van der Waals surface area contributed by atoms with Gasteiger partial charge in [-0.25, -0.2) is 4.79 Å². The second kappa shape index (κ2) is 8.28. The van der Waals surface area contributed by atoms with Gasteiger partial charge in [-0.2, -0.15) is 0 Å². The lowest BCUT2D eigenvalue weighted by Gasteiger charge is -2.23. The Bertz CT molecular complexity index is 1380. The van der Waals surface area contributed by atoms with E-state index in [-0.39, 0.29) is 5.97 Å². The van der Waals surface area contributed by atoms with E-state index in [0.717, 1.165) is 57.5 Å². The Morgan fingerprint density at radius 1 is 1.06 bits per heavy atom. The highest BCUT2D eigenvalue weighted by atomic mass is 16.5. The molecule has 0 atom stereocenters. The molecule has 2 aromatic carbocycles. The molecule has 1 aliphatic rings. The molecule has 1 aliphatic heterocycles. The Morgan fingerprint density at radius 3 is 2.61 bits per heavy atom. The number of hydrogen-bond donors (Lipinski definition) is 0. The van der Waals surface area contributed by atoms with Crippen LogP contribution < -0.4 is 9.47 Å². The van der Waals surface area contributed by atoms with Gasteiger partial charge in [0.1, 0.15) is 0 Å². The number of nitrogens with zero attached hydrogens (tertiary/aromatic N) is 2. The Hall–Kier alpha value is -3.80. The van der Waals surface area contributed by atoms with Gasteiger partial charge in [0, 0.05) is 34.9 Å². The summed E-state index contributed by atoms with van der Waals surface area (Å²) in [6, 6.07) is 14.0. The fraction of sp³-hybridized carbons (Fsp3) is 0.259. The molecule has 0 spiro atoms. The Kier molecular flexibility index (Phi) is 5.29. The van der Waals surface area contributed by atoms with Crippen molar-refractivity contribution < 1.29 is 19.0 Å². The number of hydrogen-bond acceptors (Lipinski definition) is 5. The zero-order valence-corrected chi connectivity index (χ0v) is 19.3. The molecule has 0 saturated heterocycles. The van der Waals surface area contributed by atoms with Crippen LogP contribution in [0.1, 0.15) is 28.5 Å². The third-order valence-electron chi connectivity index (χ3n) is 6.39. The molecule has 33 heavy (non-hydrogen) atoms. The smallest absolute Gasteiger partial charge is 0.340 e. The summed E-state index contributed by atoms with van der Waals surface area (Å²) >= 11 is 0. The molecule has 0 saturated carbocycles. The Morgan fingerprint density at radius 2 is 1.85 bits per heavy atom. The lowest BCUT2D eigenvalue weighted by Crippen LogP contribution is -2.15. The van der Waals surface area contributed by atoms with Crippen molar-refractivity contribution in [2.45, 2.75) is 26.8 Å². The molecule has 0 radical (unpaired) electrons. The van der Waals surface area contributed by atoms with Gasteiger partial charge in [0.2, 0.25) is 0 Å². The van der Waals surface area contributed by atoms with Crippen LogP contribution in [0.2, 0.25) is 0 Å². The molecule has 6 nitrogen and oxygen atoms in total. The monoisotopic (exact) mass is 442 g/mol. The number of methoxy groups -OCH3 is 2. The van der Waals surface area contributed by atoms with E-state index < -0.39 is 0 Å². The highest BCUT2D eigenvalue weighted by Gasteiger charge is 2.32. The van der Waals surface area contributed by atoms with Crippen molar-refractivity contribution in [2.24, 2.45) is 0 Å². The summed E-state index contributed by atoms with van der Waals surface area (Å²) < 4.78 is 18.9. The van der Waals surface area contributed by atoms with E-state index in [4.69, 9.17) is 14.2 Å². The molecule has 0 fully saturated rings. The zero-order chi connectivity index (χ0) is 23.1. The molecule has 4 aromatic rings. The Balaban J connectivity index is 1.86. The van der Waals surface area contributed by atoms with Crippen LogP contribution in [-0.2, 0) is 17.7 Å². The van der Waals surface area contributed by atoms with Gasteiger partial charge in [0.05, 0.1) is 37.6 Å². The normalized spacial score (nSPS) is 12.2. The van der Waals surface area contributed by atoms with Crippen molar-refractivity contribution in [1.82, 2.24) is 9.55 Å². The summed E-state index contributed by atoms with van der Waals surface area (Å²) in [6.07, 6.45) is 2.61. The lowest BCUT2D eigenvalue weighted by molar-refractivity contribution is 0.0528. The summed E-state index contributed by atoms with van der Waals surface area (Å²) in [5.74, 6) is 0.994. The number of ether oxygens (including phenoxy) is 3. The predicted molar refractivity (Wildman–Crippen MR) is 128 cm³/mol.